The molecule has 0 saturated carbocycles. The van der Waals surface area contributed by atoms with Gasteiger partial charge in [0, 0.05) is 5.92 Å². The van der Waals surface area contributed by atoms with E-state index in [9.17, 15) is 0 Å². The quantitative estimate of drug-likeness (QED) is 0.879. The van der Waals surface area contributed by atoms with Gasteiger partial charge in [0.1, 0.15) is 0 Å². The first-order chi connectivity index (χ1) is 11.0. The zero-order chi connectivity index (χ0) is 17.0. The van der Waals surface area contributed by atoms with Crippen molar-refractivity contribution in [2.24, 2.45) is 5.73 Å². The molecule has 2 aromatic carbocycles. The molecule has 0 bridgehead atoms. The second-order valence-electron chi connectivity index (χ2n) is 6.14. The van der Waals surface area contributed by atoms with Gasteiger partial charge in [-0.15, -0.1) is 0 Å². The Labute approximate surface area is 139 Å². The van der Waals surface area contributed by atoms with Gasteiger partial charge >= 0.3 is 0 Å². The van der Waals surface area contributed by atoms with E-state index in [4.69, 9.17) is 15.2 Å². The summed E-state index contributed by atoms with van der Waals surface area (Å²) >= 11 is 0. The minimum absolute atomic E-state index is 0.300. The molecule has 0 amide bonds. The van der Waals surface area contributed by atoms with Crippen LogP contribution in [-0.4, -0.2) is 20.8 Å². The van der Waals surface area contributed by atoms with Gasteiger partial charge in [-0.25, -0.2) is 0 Å². The van der Waals surface area contributed by atoms with Crippen LogP contribution in [0, 0.1) is 20.8 Å². The lowest BCUT2D eigenvalue weighted by Crippen LogP contribution is -2.17. The number of hydrogen-bond acceptors (Lipinski definition) is 3. The van der Waals surface area contributed by atoms with E-state index in [1.165, 1.54) is 27.8 Å². The van der Waals surface area contributed by atoms with Crippen molar-refractivity contribution in [3.8, 4) is 11.5 Å². The summed E-state index contributed by atoms with van der Waals surface area (Å²) in [7, 11) is 3.32. The highest BCUT2D eigenvalue weighted by Crippen LogP contribution is 2.32. The molecule has 23 heavy (non-hydrogen) atoms. The topological polar surface area (TPSA) is 44.5 Å². The molecule has 3 nitrogen and oxygen atoms in total. The van der Waals surface area contributed by atoms with Gasteiger partial charge in [-0.05, 0) is 68.1 Å². The van der Waals surface area contributed by atoms with Crippen molar-refractivity contribution in [2.75, 3.05) is 20.8 Å². The largest absolute Gasteiger partial charge is 0.493 e. The number of methoxy groups -OCH3 is 2. The molecule has 1 unspecified atom stereocenters. The number of hydrogen-bond donors (Lipinski definition) is 1. The van der Waals surface area contributed by atoms with E-state index in [0.717, 1.165) is 17.9 Å². The van der Waals surface area contributed by atoms with Crippen LogP contribution in [0.3, 0.4) is 0 Å². The van der Waals surface area contributed by atoms with Crippen LogP contribution in [0.5, 0.6) is 11.5 Å². The molecule has 0 aromatic heterocycles. The van der Waals surface area contributed by atoms with Crippen LogP contribution in [0.15, 0.2) is 30.3 Å². The molecule has 0 aliphatic heterocycles. The van der Waals surface area contributed by atoms with Crippen molar-refractivity contribution >= 4 is 0 Å². The van der Waals surface area contributed by atoms with Crippen molar-refractivity contribution in [3.63, 3.8) is 0 Å². The van der Waals surface area contributed by atoms with Gasteiger partial charge in [-0.2, -0.15) is 0 Å². The van der Waals surface area contributed by atoms with Gasteiger partial charge in [0.2, 0.25) is 0 Å². The van der Waals surface area contributed by atoms with Gasteiger partial charge in [-0.3, -0.25) is 0 Å². The first-order valence-corrected chi connectivity index (χ1v) is 7.98. The van der Waals surface area contributed by atoms with Crippen LogP contribution in [0.1, 0.15) is 33.7 Å². The summed E-state index contributed by atoms with van der Waals surface area (Å²) in [6.07, 6.45) is 0.890. The second-order valence-corrected chi connectivity index (χ2v) is 6.14. The van der Waals surface area contributed by atoms with E-state index in [-0.39, 0.29) is 0 Å². The molecule has 0 spiro atoms. The molecule has 2 aromatic rings. The number of benzene rings is 2. The third kappa shape index (κ3) is 3.85. The van der Waals surface area contributed by atoms with Gasteiger partial charge in [-0.1, -0.05) is 23.8 Å². The number of aryl methyl sites for hydroxylation is 3. The molecule has 0 fully saturated rings. The predicted molar refractivity (Wildman–Crippen MR) is 95.7 cm³/mol. The molecule has 124 valence electrons. The Morgan fingerprint density at radius 1 is 0.913 bits per heavy atom. The highest BCUT2D eigenvalue weighted by molar-refractivity contribution is 5.45. The molecule has 0 saturated heterocycles. The predicted octanol–water partition coefficient (Wildman–Crippen LogP) is 3.91. The lowest BCUT2D eigenvalue weighted by Gasteiger charge is -2.21. The fourth-order valence-corrected chi connectivity index (χ4v) is 3.43. The van der Waals surface area contributed by atoms with Crippen LogP contribution in [0.2, 0.25) is 0 Å². The summed E-state index contributed by atoms with van der Waals surface area (Å²) in [6, 6.07) is 10.6. The minimum atomic E-state index is 0.300. The van der Waals surface area contributed by atoms with Crippen LogP contribution < -0.4 is 15.2 Å². The summed E-state index contributed by atoms with van der Waals surface area (Å²) in [4.78, 5) is 0. The van der Waals surface area contributed by atoms with Crippen molar-refractivity contribution in [1.82, 2.24) is 0 Å². The average Bonchev–Trinajstić information content (AvgIpc) is 2.52. The summed E-state index contributed by atoms with van der Waals surface area (Å²) in [6.45, 7) is 7.11. The summed E-state index contributed by atoms with van der Waals surface area (Å²) in [5.74, 6) is 1.81. The zero-order valence-electron chi connectivity index (χ0n) is 14.8. The summed E-state index contributed by atoms with van der Waals surface area (Å²) in [5.41, 5.74) is 12.6. The molecule has 2 N–H and O–H groups in total. The first-order valence-electron chi connectivity index (χ1n) is 7.98. The molecule has 0 aliphatic rings. The maximum atomic E-state index is 6.10. The van der Waals surface area contributed by atoms with E-state index in [2.05, 4.69) is 39.0 Å². The van der Waals surface area contributed by atoms with Crippen LogP contribution in [0.25, 0.3) is 0 Å². The Bertz CT molecular complexity index is 656. The molecular weight excluding hydrogens is 286 g/mol. The highest BCUT2D eigenvalue weighted by atomic mass is 16.5. The van der Waals surface area contributed by atoms with Crippen LogP contribution in [0.4, 0.5) is 0 Å². The lowest BCUT2D eigenvalue weighted by molar-refractivity contribution is 0.354. The second kappa shape index (κ2) is 7.51. The number of rotatable bonds is 6. The molecule has 0 heterocycles. The Hall–Kier alpha value is -2.00. The molecule has 3 heteroatoms. The Morgan fingerprint density at radius 3 is 2.04 bits per heavy atom. The van der Waals surface area contributed by atoms with Crippen molar-refractivity contribution in [1.29, 1.82) is 0 Å². The third-order valence-corrected chi connectivity index (χ3v) is 4.36. The van der Waals surface area contributed by atoms with E-state index in [1.807, 2.05) is 12.1 Å². The van der Waals surface area contributed by atoms with E-state index >= 15 is 0 Å². The van der Waals surface area contributed by atoms with Gasteiger partial charge < -0.3 is 15.2 Å². The van der Waals surface area contributed by atoms with E-state index < -0.39 is 0 Å². The normalized spacial score (nSPS) is 12.1. The van der Waals surface area contributed by atoms with Crippen molar-refractivity contribution in [2.45, 2.75) is 33.1 Å². The maximum absolute atomic E-state index is 6.10. The molecule has 2 rings (SSSR count). The molecular formula is C20H27NO2. The Morgan fingerprint density at radius 2 is 1.52 bits per heavy atom. The monoisotopic (exact) mass is 313 g/mol. The Kier molecular flexibility index (Phi) is 5.67. The fourth-order valence-electron chi connectivity index (χ4n) is 3.43. The minimum Gasteiger partial charge on any atom is -0.493 e. The SMILES string of the molecule is COc1ccc(CC(CN)c2c(C)cc(C)cc2C)cc1OC. The first kappa shape index (κ1) is 17.4. The zero-order valence-corrected chi connectivity index (χ0v) is 14.8. The van der Waals surface area contributed by atoms with Gasteiger partial charge in [0.15, 0.2) is 11.5 Å². The summed E-state index contributed by atoms with van der Waals surface area (Å²) in [5, 5.41) is 0. The van der Waals surface area contributed by atoms with Crippen LogP contribution in [-0.2, 0) is 6.42 Å². The third-order valence-electron chi connectivity index (χ3n) is 4.36. The lowest BCUT2D eigenvalue weighted by atomic mass is 9.85. The van der Waals surface area contributed by atoms with Crippen LogP contribution >= 0.6 is 0 Å². The number of nitrogens with two attached hydrogens (primary N) is 1. The molecule has 0 aliphatic carbocycles. The van der Waals surface area contributed by atoms with Gasteiger partial charge in [0.05, 0.1) is 14.2 Å². The van der Waals surface area contributed by atoms with Gasteiger partial charge in [0.25, 0.3) is 0 Å². The van der Waals surface area contributed by atoms with Crippen molar-refractivity contribution < 1.29 is 9.47 Å². The molecule has 1 atom stereocenters. The summed E-state index contributed by atoms with van der Waals surface area (Å²) < 4.78 is 10.7. The van der Waals surface area contributed by atoms with E-state index in [0.29, 0.717) is 12.5 Å². The average molecular weight is 313 g/mol. The number of ether oxygens (including phenoxy) is 2. The highest BCUT2D eigenvalue weighted by Gasteiger charge is 2.17. The Balaban J connectivity index is 2.33. The standard InChI is InChI=1S/C20H27NO2/c1-13-8-14(2)20(15(3)9-13)17(12-21)10-16-6-7-18(22-4)19(11-16)23-5/h6-9,11,17H,10,12,21H2,1-5H3. The molecule has 0 radical (unpaired) electrons. The smallest absolute Gasteiger partial charge is 0.160 e. The van der Waals surface area contributed by atoms with E-state index in [1.54, 1.807) is 14.2 Å². The van der Waals surface area contributed by atoms with Crippen molar-refractivity contribution in [3.05, 3.63) is 58.1 Å². The fraction of sp³-hybridized carbons (Fsp3) is 0.400. The maximum Gasteiger partial charge on any atom is 0.160 e.